The van der Waals surface area contributed by atoms with E-state index in [0.717, 1.165) is 0 Å². The lowest BCUT2D eigenvalue weighted by Gasteiger charge is -2.01. The molecule has 0 atom stereocenters. The first-order chi connectivity index (χ1) is 12.9. The minimum absolute atomic E-state index is 1.24. The summed E-state index contributed by atoms with van der Waals surface area (Å²) in [7, 11) is 0. The minimum Gasteiger partial charge on any atom is -0.0622 e. The van der Waals surface area contributed by atoms with Gasteiger partial charge in [-0.3, -0.25) is 0 Å². The van der Waals surface area contributed by atoms with Gasteiger partial charge in [0.1, 0.15) is 0 Å². The van der Waals surface area contributed by atoms with Crippen molar-refractivity contribution in [3.05, 3.63) is 120 Å². The van der Waals surface area contributed by atoms with Gasteiger partial charge < -0.3 is 0 Å². The Morgan fingerprint density at radius 1 is 0.385 bits per heavy atom. The lowest BCUT2D eigenvalue weighted by Crippen LogP contribution is -1.77. The average molecular weight is 332 g/mol. The fourth-order valence-corrected chi connectivity index (χ4v) is 3.24. The van der Waals surface area contributed by atoms with E-state index >= 15 is 0 Å². The van der Waals surface area contributed by atoms with Crippen LogP contribution in [0.4, 0.5) is 0 Å². The SMILES string of the molecule is C(=CC=Cc1cccc2ccccc12)C=Cc1cccc2ccccc12. The lowest BCUT2D eigenvalue weighted by atomic mass is 10.0. The molecule has 0 aliphatic heterocycles. The maximum atomic E-state index is 2.17. The lowest BCUT2D eigenvalue weighted by molar-refractivity contribution is 1.71. The van der Waals surface area contributed by atoms with Crippen LogP contribution in [-0.2, 0) is 0 Å². The standard InChI is InChI=1S/C26H20/c1(3-11-21-15-9-17-23-13-5-7-19-25(21)23)2-4-12-22-16-10-18-24-14-6-8-20-26(22)24/h1-20H. The van der Waals surface area contributed by atoms with Crippen LogP contribution in [-0.4, -0.2) is 0 Å². The molecule has 0 bridgehead atoms. The number of rotatable bonds is 4. The van der Waals surface area contributed by atoms with Gasteiger partial charge in [-0.25, -0.2) is 0 Å². The highest BCUT2D eigenvalue weighted by molar-refractivity contribution is 5.91. The third-order valence-corrected chi connectivity index (χ3v) is 4.53. The molecule has 0 heteroatoms. The Kier molecular flexibility index (Phi) is 4.75. The second-order valence-corrected chi connectivity index (χ2v) is 6.24. The number of hydrogen-bond acceptors (Lipinski definition) is 0. The van der Waals surface area contributed by atoms with Crippen molar-refractivity contribution in [1.82, 2.24) is 0 Å². The molecule has 0 N–H and O–H groups in total. The number of fused-ring (bicyclic) bond motifs is 2. The fourth-order valence-electron chi connectivity index (χ4n) is 3.24. The summed E-state index contributed by atoms with van der Waals surface area (Å²) in [5.74, 6) is 0. The van der Waals surface area contributed by atoms with Crippen LogP contribution in [0.3, 0.4) is 0 Å². The molecule has 0 saturated carbocycles. The molecule has 26 heavy (non-hydrogen) atoms. The third-order valence-electron chi connectivity index (χ3n) is 4.53. The van der Waals surface area contributed by atoms with E-state index in [1.165, 1.54) is 32.7 Å². The second-order valence-electron chi connectivity index (χ2n) is 6.24. The average Bonchev–Trinajstić information content (AvgIpc) is 2.71. The monoisotopic (exact) mass is 332 g/mol. The Balaban J connectivity index is 1.50. The second kappa shape index (κ2) is 7.67. The summed E-state index contributed by atoms with van der Waals surface area (Å²) in [6.45, 7) is 0. The fraction of sp³-hybridized carbons (Fsp3) is 0. The first-order valence-corrected chi connectivity index (χ1v) is 8.89. The van der Waals surface area contributed by atoms with Gasteiger partial charge in [-0.05, 0) is 32.7 Å². The van der Waals surface area contributed by atoms with Gasteiger partial charge in [0.25, 0.3) is 0 Å². The summed E-state index contributed by atoms with van der Waals surface area (Å²) >= 11 is 0. The van der Waals surface area contributed by atoms with Crippen molar-refractivity contribution in [2.24, 2.45) is 0 Å². The smallest absolute Gasteiger partial charge is 0.0111 e. The molecule has 124 valence electrons. The van der Waals surface area contributed by atoms with E-state index in [9.17, 15) is 0 Å². The van der Waals surface area contributed by atoms with Gasteiger partial charge in [-0.1, -0.05) is 121 Å². The van der Waals surface area contributed by atoms with Gasteiger partial charge in [-0.15, -0.1) is 0 Å². The topological polar surface area (TPSA) is 0 Å². The summed E-state index contributed by atoms with van der Waals surface area (Å²) in [4.78, 5) is 0. The van der Waals surface area contributed by atoms with E-state index in [2.05, 4.69) is 121 Å². The molecule has 4 aromatic rings. The highest BCUT2D eigenvalue weighted by Crippen LogP contribution is 2.20. The van der Waals surface area contributed by atoms with Crippen LogP contribution < -0.4 is 0 Å². The zero-order valence-electron chi connectivity index (χ0n) is 14.5. The van der Waals surface area contributed by atoms with Crippen LogP contribution in [0.1, 0.15) is 11.1 Å². The maximum Gasteiger partial charge on any atom is -0.0111 e. The highest BCUT2D eigenvalue weighted by atomic mass is 14.0. The van der Waals surface area contributed by atoms with Crippen molar-refractivity contribution in [3.63, 3.8) is 0 Å². The molecule has 0 aromatic heterocycles. The summed E-state index contributed by atoms with van der Waals surface area (Å²) in [6.07, 6.45) is 12.6. The van der Waals surface area contributed by atoms with E-state index in [1.807, 2.05) is 0 Å². The normalized spacial score (nSPS) is 12.2. The van der Waals surface area contributed by atoms with Crippen molar-refractivity contribution in [2.75, 3.05) is 0 Å². The molecule has 4 aromatic carbocycles. The minimum atomic E-state index is 1.24. The molecule has 0 radical (unpaired) electrons. The van der Waals surface area contributed by atoms with Crippen LogP contribution in [0.25, 0.3) is 33.7 Å². The van der Waals surface area contributed by atoms with Gasteiger partial charge in [0.2, 0.25) is 0 Å². The summed E-state index contributed by atoms with van der Waals surface area (Å²) in [5, 5.41) is 5.11. The zero-order valence-corrected chi connectivity index (χ0v) is 14.5. The molecule has 0 saturated heterocycles. The van der Waals surface area contributed by atoms with Crippen LogP contribution in [0.15, 0.2) is 109 Å². The van der Waals surface area contributed by atoms with Gasteiger partial charge in [0.05, 0.1) is 0 Å². The molecule has 0 nitrogen and oxygen atoms in total. The maximum absolute atomic E-state index is 2.17. The number of benzene rings is 4. The molecule has 0 aliphatic carbocycles. The quantitative estimate of drug-likeness (QED) is 0.345. The number of hydrogen-bond donors (Lipinski definition) is 0. The zero-order chi connectivity index (χ0) is 17.6. The molecule has 0 amide bonds. The first kappa shape index (κ1) is 16.1. The van der Waals surface area contributed by atoms with E-state index < -0.39 is 0 Å². The van der Waals surface area contributed by atoms with Crippen molar-refractivity contribution in [3.8, 4) is 0 Å². The van der Waals surface area contributed by atoms with Gasteiger partial charge in [0, 0.05) is 0 Å². The number of allylic oxidation sites excluding steroid dienone is 4. The summed E-state index contributed by atoms with van der Waals surface area (Å²) in [6, 6.07) is 29.8. The highest BCUT2D eigenvalue weighted by Gasteiger charge is 1.96. The Labute approximate surface area is 154 Å². The predicted molar refractivity (Wildman–Crippen MR) is 115 cm³/mol. The molecule has 0 fully saturated rings. The van der Waals surface area contributed by atoms with E-state index in [-0.39, 0.29) is 0 Å². The molecular formula is C26H20. The Bertz CT molecular complexity index is 1030. The largest absolute Gasteiger partial charge is 0.0622 e. The van der Waals surface area contributed by atoms with Gasteiger partial charge in [-0.2, -0.15) is 0 Å². The van der Waals surface area contributed by atoms with Gasteiger partial charge in [0.15, 0.2) is 0 Å². The van der Waals surface area contributed by atoms with Gasteiger partial charge >= 0.3 is 0 Å². The summed E-state index contributed by atoms with van der Waals surface area (Å²) in [5.41, 5.74) is 2.48. The molecule has 0 unspecified atom stereocenters. The molecule has 0 spiro atoms. The Morgan fingerprint density at radius 3 is 1.31 bits per heavy atom. The van der Waals surface area contributed by atoms with E-state index in [1.54, 1.807) is 0 Å². The van der Waals surface area contributed by atoms with Crippen LogP contribution in [0.5, 0.6) is 0 Å². The Hall–Kier alpha value is -3.38. The predicted octanol–water partition coefficient (Wildman–Crippen LogP) is 7.28. The van der Waals surface area contributed by atoms with Crippen molar-refractivity contribution in [1.29, 1.82) is 0 Å². The van der Waals surface area contributed by atoms with E-state index in [0.29, 0.717) is 0 Å². The molecule has 0 aliphatic rings. The Morgan fingerprint density at radius 2 is 0.808 bits per heavy atom. The summed E-state index contributed by atoms with van der Waals surface area (Å²) < 4.78 is 0. The molecule has 0 heterocycles. The van der Waals surface area contributed by atoms with Crippen molar-refractivity contribution >= 4 is 33.7 Å². The first-order valence-electron chi connectivity index (χ1n) is 8.89. The van der Waals surface area contributed by atoms with Crippen molar-refractivity contribution in [2.45, 2.75) is 0 Å². The molecular weight excluding hydrogens is 312 g/mol. The van der Waals surface area contributed by atoms with E-state index in [4.69, 9.17) is 0 Å². The van der Waals surface area contributed by atoms with Crippen LogP contribution in [0, 0.1) is 0 Å². The molecule has 4 rings (SSSR count). The van der Waals surface area contributed by atoms with Crippen LogP contribution in [0.2, 0.25) is 0 Å². The third kappa shape index (κ3) is 3.50. The van der Waals surface area contributed by atoms with Crippen LogP contribution >= 0.6 is 0 Å². The van der Waals surface area contributed by atoms with Crippen molar-refractivity contribution < 1.29 is 0 Å².